The lowest BCUT2D eigenvalue weighted by atomic mass is 9.76. The smallest absolute Gasteiger partial charge is 0.227 e. The van der Waals surface area contributed by atoms with Crippen LogP contribution >= 0.6 is 0 Å². The molecule has 0 aromatic heterocycles. The van der Waals surface area contributed by atoms with Crippen LogP contribution in [0.1, 0.15) is 64.2 Å². The number of hydrogen-bond acceptors (Lipinski definition) is 2. The van der Waals surface area contributed by atoms with Crippen LogP contribution < -0.4 is 5.73 Å². The van der Waals surface area contributed by atoms with E-state index in [0.29, 0.717) is 11.9 Å². The SMILES string of the molecule is NC1CCCCC1C(=O)N1CCCC2CCCCC21. The van der Waals surface area contributed by atoms with Gasteiger partial charge in [0.2, 0.25) is 5.91 Å². The Balaban J connectivity index is 1.70. The summed E-state index contributed by atoms with van der Waals surface area (Å²) in [7, 11) is 0. The molecule has 0 aromatic rings. The zero-order chi connectivity index (χ0) is 13.2. The molecular weight excluding hydrogens is 236 g/mol. The minimum atomic E-state index is 0.116. The van der Waals surface area contributed by atoms with Crippen molar-refractivity contribution < 1.29 is 4.79 Å². The van der Waals surface area contributed by atoms with E-state index in [4.69, 9.17) is 5.73 Å². The standard InChI is InChI=1S/C16H28N2O/c17-14-9-3-2-8-13(14)16(19)18-11-5-7-12-6-1-4-10-15(12)18/h12-15H,1-11,17H2. The van der Waals surface area contributed by atoms with Crippen molar-refractivity contribution >= 4 is 5.91 Å². The minimum Gasteiger partial charge on any atom is -0.339 e. The second-order valence-corrected chi connectivity index (χ2v) is 6.84. The summed E-state index contributed by atoms with van der Waals surface area (Å²) >= 11 is 0. The van der Waals surface area contributed by atoms with E-state index in [1.54, 1.807) is 0 Å². The van der Waals surface area contributed by atoms with Gasteiger partial charge in [0, 0.05) is 18.6 Å². The molecule has 108 valence electrons. The summed E-state index contributed by atoms with van der Waals surface area (Å²) in [5.74, 6) is 1.30. The van der Waals surface area contributed by atoms with Gasteiger partial charge in [0.05, 0.1) is 5.92 Å². The van der Waals surface area contributed by atoms with Gasteiger partial charge in [0.15, 0.2) is 0 Å². The van der Waals surface area contributed by atoms with Crippen LogP contribution in [-0.2, 0) is 4.79 Å². The Kier molecular flexibility index (Phi) is 4.11. The molecule has 3 rings (SSSR count). The van der Waals surface area contributed by atoms with Crippen LogP contribution in [0.15, 0.2) is 0 Å². The van der Waals surface area contributed by atoms with Crippen molar-refractivity contribution in [3.63, 3.8) is 0 Å². The molecule has 1 saturated heterocycles. The van der Waals surface area contributed by atoms with Gasteiger partial charge in [0.25, 0.3) is 0 Å². The van der Waals surface area contributed by atoms with Crippen molar-refractivity contribution in [3.8, 4) is 0 Å². The molecule has 2 saturated carbocycles. The van der Waals surface area contributed by atoms with Crippen molar-refractivity contribution in [2.45, 2.75) is 76.3 Å². The third kappa shape index (κ3) is 2.67. The number of amides is 1. The number of fused-ring (bicyclic) bond motifs is 1. The van der Waals surface area contributed by atoms with Crippen LogP contribution in [0, 0.1) is 11.8 Å². The maximum atomic E-state index is 12.9. The van der Waals surface area contributed by atoms with E-state index in [-0.39, 0.29) is 12.0 Å². The first-order valence-corrected chi connectivity index (χ1v) is 8.33. The van der Waals surface area contributed by atoms with E-state index in [1.807, 2.05) is 0 Å². The third-order valence-electron chi connectivity index (χ3n) is 5.66. The highest BCUT2D eigenvalue weighted by molar-refractivity contribution is 5.80. The first-order chi connectivity index (χ1) is 9.27. The van der Waals surface area contributed by atoms with E-state index < -0.39 is 0 Å². The maximum Gasteiger partial charge on any atom is 0.227 e. The molecule has 3 fully saturated rings. The van der Waals surface area contributed by atoms with E-state index in [1.165, 1.54) is 51.4 Å². The van der Waals surface area contributed by atoms with Crippen LogP contribution in [0.5, 0.6) is 0 Å². The molecule has 3 aliphatic rings. The van der Waals surface area contributed by atoms with E-state index in [9.17, 15) is 4.79 Å². The second kappa shape index (κ2) is 5.82. The number of carbonyl (C=O) groups excluding carboxylic acids is 1. The summed E-state index contributed by atoms with van der Waals surface area (Å²) < 4.78 is 0. The molecule has 19 heavy (non-hydrogen) atoms. The van der Waals surface area contributed by atoms with Gasteiger partial charge in [-0.05, 0) is 44.4 Å². The van der Waals surface area contributed by atoms with Crippen molar-refractivity contribution in [2.75, 3.05) is 6.54 Å². The number of piperidine rings is 1. The summed E-state index contributed by atoms with van der Waals surface area (Å²) in [6, 6.07) is 0.661. The fraction of sp³-hybridized carbons (Fsp3) is 0.938. The predicted octanol–water partition coefficient (Wildman–Crippen LogP) is 2.69. The van der Waals surface area contributed by atoms with Crippen LogP contribution in [0.3, 0.4) is 0 Å². The first-order valence-electron chi connectivity index (χ1n) is 8.33. The highest BCUT2D eigenvalue weighted by atomic mass is 16.2. The molecule has 0 bridgehead atoms. The molecule has 0 radical (unpaired) electrons. The lowest BCUT2D eigenvalue weighted by molar-refractivity contribution is -0.143. The Bertz CT molecular complexity index is 329. The number of rotatable bonds is 1. The molecule has 4 atom stereocenters. The topological polar surface area (TPSA) is 46.3 Å². The third-order valence-corrected chi connectivity index (χ3v) is 5.66. The monoisotopic (exact) mass is 264 g/mol. The quantitative estimate of drug-likeness (QED) is 0.791. The van der Waals surface area contributed by atoms with Crippen LogP contribution in [0.4, 0.5) is 0 Å². The number of nitrogens with zero attached hydrogens (tertiary/aromatic N) is 1. The molecule has 1 heterocycles. The summed E-state index contributed by atoms with van der Waals surface area (Å²) in [4.78, 5) is 15.1. The molecule has 3 nitrogen and oxygen atoms in total. The highest BCUT2D eigenvalue weighted by Crippen LogP contribution is 2.37. The number of carbonyl (C=O) groups is 1. The second-order valence-electron chi connectivity index (χ2n) is 6.84. The van der Waals surface area contributed by atoms with Crippen molar-refractivity contribution in [1.82, 2.24) is 4.90 Å². The molecule has 1 aliphatic heterocycles. The molecule has 0 spiro atoms. The Hall–Kier alpha value is -0.570. The van der Waals surface area contributed by atoms with Gasteiger partial charge in [-0.25, -0.2) is 0 Å². The van der Waals surface area contributed by atoms with Gasteiger partial charge >= 0.3 is 0 Å². The number of nitrogens with two attached hydrogens (primary N) is 1. The lowest BCUT2D eigenvalue weighted by Crippen LogP contribution is -2.54. The van der Waals surface area contributed by atoms with Gasteiger partial charge in [0.1, 0.15) is 0 Å². The largest absolute Gasteiger partial charge is 0.339 e. The van der Waals surface area contributed by atoms with Crippen molar-refractivity contribution in [2.24, 2.45) is 17.6 Å². The Morgan fingerprint density at radius 1 is 0.895 bits per heavy atom. The van der Waals surface area contributed by atoms with E-state index >= 15 is 0 Å². The van der Waals surface area contributed by atoms with Gasteiger partial charge in [-0.3, -0.25) is 4.79 Å². The van der Waals surface area contributed by atoms with E-state index in [0.717, 1.165) is 25.3 Å². The zero-order valence-electron chi connectivity index (χ0n) is 12.0. The van der Waals surface area contributed by atoms with Gasteiger partial charge in [-0.2, -0.15) is 0 Å². The lowest BCUT2D eigenvalue weighted by Gasteiger charge is -2.46. The minimum absolute atomic E-state index is 0.116. The predicted molar refractivity (Wildman–Crippen MR) is 76.6 cm³/mol. The molecule has 2 aliphatic carbocycles. The number of likely N-dealkylation sites (tertiary alicyclic amines) is 1. The molecular formula is C16H28N2O. The maximum absolute atomic E-state index is 12.9. The molecule has 3 heteroatoms. The van der Waals surface area contributed by atoms with Crippen LogP contribution in [-0.4, -0.2) is 29.4 Å². The highest BCUT2D eigenvalue weighted by Gasteiger charge is 2.39. The fourth-order valence-electron chi connectivity index (χ4n) is 4.58. The van der Waals surface area contributed by atoms with E-state index in [2.05, 4.69) is 4.90 Å². The fourth-order valence-corrected chi connectivity index (χ4v) is 4.58. The summed E-state index contributed by atoms with van der Waals surface area (Å²) in [6.45, 7) is 0.989. The summed E-state index contributed by atoms with van der Waals surface area (Å²) in [6.07, 6.45) is 12.2. The Morgan fingerprint density at radius 2 is 1.58 bits per heavy atom. The van der Waals surface area contributed by atoms with Crippen LogP contribution in [0.25, 0.3) is 0 Å². The van der Waals surface area contributed by atoms with Crippen molar-refractivity contribution in [1.29, 1.82) is 0 Å². The Labute approximate surface area is 116 Å². The summed E-state index contributed by atoms with van der Waals surface area (Å²) in [5.41, 5.74) is 6.21. The zero-order valence-corrected chi connectivity index (χ0v) is 12.0. The normalized spacial score (nSPS) is 39.7. The first kappa shape index (κ1) is 13.4. The molecule has 4 unspecified atom stereocenters. The Morgan fingerprint density at radius 3 is 2.42 bits per heavy atom. The summed E-state index contributed by atoms with van der Waals surface area (Å²) in [5, 5.41) is 0. The van der Waals surface area contributed by atoms with Gasteiger partial charge in [-0.15, -0.1) is 0 Å². The average molecular weight is 264 g/mol. The molecule has 1 amide bonds. The van der Waals surface area contributed by atoms with Crippen LogP contribution in [0.2, 0.25) is 0 Å². The average Bonchev–Trinajstić information content (AvgIpc) is 2.46. The number of hydrogen-bond donors (Lipinski definition) is 1. The van der Waals surface area contributed by atoms with Gasteiger partial charge < -0.3 is 10.6 Å². The van der Waals surface area contributed by atoms with Crippen molar-refractivity contribution in [3.05, 3.63) is 0 Å². The van der Waals surface area contributed by atoms with Gasteiger partial charge in [-0.1, -0.05) is 25.7 Å². The molecule has 2 N–H and O–H groups in total. The molecule has 0 aromatic carbocycles.